The van der Waals surface area contributed by atoms with Crippen molar-refractivity contribution in [2.24, 2.45) is 0 Å². The summed E-state index contributed by atoms with van der Waals surface area (Å²) in [6.45, 7) is 4.02. The van der Waals surface area contributed by atoms with Crippen LogP contribution in [0.15, 0.2) is 24.3 Å². The molecule has 0 aliphatic carbocycles. The van der Waals surface area contributed by atoms with E-state index in [1.165, 1.54) is 5.56 Å². The smallest absolute Gasteiger partial charge is 0.0491 e. The summed E-state index contributed by atoms with van der Waals surface area (Å²) >= 11 is 6.18. The molecule has 2 heteroatoms. The van der Waals surface area contributed by atoms with Crippen LogP contribution < -0.4 is 5.73 Å². The van der Waals surface area contributed by atoms with E-state index in [0.717, 1.165) is 27.0 Å². The van der Waals surface area contributed by atoms with Crippen molar-refractivity contribution in [2.75, 3.05) is 5.73 Å². The van der Waals surface area contributed by atoms with Crippen molar-refractivity contribution < 1.29 is 0 Å². The van der Waals surface area contributed by atoms with Gasteiger partial charge in [0.25, 0.3) is 0 Å². The number of nitrogen functional groups attached to an aromatic ring is 1. The topological polar surface area (TPSA) is 26.0 Å². The van der Waals surface area contributed by atoms with Gasteiger partial charge in [-0.2, -0.15) is 0 Å². The van der Waals surface area contributed by atoms with Crippen molar-refractivity contribution in [1.29, 1.82) is 0 Å². The van der Waals surface area contributed by atoms with Gasteiger partial charge in [0.05, 0.1) is 0 Å². The number of anilines is 1. The summed E-state index contributed by atoms with van der Waals surface area (Å²) in [5.41, 5.74) is 9.03. The molecule has 2 aromatic rings. The number of aryl methyl sites for hydroxylation is 2. The lowest BCUT2D eigenvalue weighted by molar-refractivity contribution is 1.47. The van der Waals surface area contributed by atoms with Crippen molar-refractivity contribution in [3.63, 3.8) is 0 Å². The van der Waals surface area contributed by atoms with Gasteiger partial charge in [-0.15, -0.1) is 0 Å². The molecular formula is C12H12ClN. The second-order valence-corrected chi connectivity index (χ2v) is 3.99. The van der Waals surface area contributed by atoms with Gasteiger partial charge >= 0.3 is 0 Å². The molecule has 0 atom stereocenters. The van der Waals surface area contributed by atoms with Crippen molar-refractivity contribution in [3.8, 4) is 0 Å². The monoisotopic (exact) mass is 205 g/mol. The normalized spacial score (nSPS) is 10.8. The largest absolute Gasteiger partial charge is 0.398 e. The highest BCUT2D eigenvalue weighted by atomic mass is 35.5. The Kier molecular flexibility index (Phi) is 2.12. The van der Waals surface area contributed by atoms with E-state index in [4.69, 9.17) is 17.3 Å². The molecule has 0 saturated heterocycles. The number of hydrogen-bond acceptors (Lipinski definition) is 1. The van der Waals surface area contributed by atoms with Gasteiger partial charge in [-0.25, -0.2) is 0 Å². The van der Waals surface area contributed by atoms with Crippen LogP contribution in [0.25, 0.3) is 10.8 Å². The molecule has 0 spiro atoms. The fourth-order valence-corrected chi connectivity index (χ4v) is 2.18. The zero-order chi connectivity index (χ0) is 10.3. The molecule has 0 bridgehead atoms. The summed E-state index contributed by atoms with van der Waals surface area (Å²) in [6, 6.07) is 7.98. The highest BCUT2D eigenvalue weighted by molar-refractivity contribution is 6.36. The standard InChI is InChI=1S/C12H12ClN/c1-7-4-3-5-9-11(7)10(13)6-8(2)12(9)14/h3-6H,14H2,1-2H3. The van der Waals surface area contributed by atoms with Gasteiger partial charge in [0.2, 0.25) is 0 Å². The molecule has 14 heavy (non-hydrogen) atoms. The van der Waals surface area contributed by atoms with Crippen molar-refractivity contribution in [3.05, 3.63) is 40.4 Å². The first-order valence-electron chi connectivity index (χ1n) is 4.55. The van der Waals surface area contributed by atoms with Crippen LogP contribution >= 0.6 is 11.6 Å². The summed E-state index contributed by atoms with van der Waals surface area (Å²) in [5, 5.41) is 2.90. The van der Waals surface area contributed by atoms with Gasteiger partial charge in [0.15, 0.2) is 0 Å². The van der Waals surface area contributed by atoms with Gasteiger partial charge < -0.3 is 5.73 Å². The molecule has 0 radical (unpaired) electrons. The first-order chi connectivity index (χ1) is 6.61. The molecule has 2 aromatic carbocycles. The molecule has 72 valence electrons. The third-order valence-electron chi connectivity index (χ3n) is 2.57. The number of benzene rings is 2. The molecule has 0 aromatic heterocycles. The van der Waals surface area contributed by atoms with Crippen LogP contribution in [0.1, 0.15) is 11.1 Å². The highest BCUT2D eigenvalue weighted by Gasteiger charge is 2.07. The minimum Gasteiger partial charge on any atom is -0.398 e. The molecule has 2 rings (SSSR count). The van der Waals surface area contributed by atoms with Crippen molar-refractivity contribution in [2.45, 2.75) is 13.8 Å². The Morgan fingerprint density at radius 1 is 1.14 bits per heavy atom. The minimum atomic E-state index is 0.782. The molecule has 2 N–H and O–H groups in total. The lowest BCUT2D eigenvalue weighted by Gasteiger charge is -2.09. The summed E-state index contributed by atoms with van der Waals surface area (Å²) in [4.78, 5) is 0. The molecule has 0 amide bonds. The van der Waals surface area contributed by atoms with E-state index in [1.54, 1.807) is 0 Å². The summed E-state index contributed by atoms with van der Waals surface area (Å²) < 4.78 is 0. The number of halogens is 1. The molecular weight excluding hydrogens is 194 g/mol. The quantitative estimate of drug-likeness (QED) is 0.653. The average Bonchev–Trinajstić information content (AvgIpc) is 2.14. The summed E-state index contributed by atoms with van der Waals surface area (Å²) in [7, 11) is 0. The van der Waals surface area contributed by atoms with Crippen LogP contribution in [-0.2, 0) is 0 Å². The Morgan fingerprint density at radius 3 is 2.57 bits per heavy atom. The average molecular weight is 206 g/mol. The Hall–Kier alpha value is -1.21. The molecule has 0 fully saturated rings. The molecule has 0 aliphatic heterocycles. The lowest BCUT2D eigenvalue weighted by atomic mass is 10.0. The fourth-order valence-electron chi connectivity index (χ4n) is 1.76. The second kappa shape index (κ2) is 3.18. The van der Waals surface area contributed by atoms with Crippen LogP contribution in [0.3, 0.4) is 0 Å². The van der Waals surface area contributed by atoms with Crippen LogP contribution in [0.4, 0.5) is 5.69 Å². The molecule has 0 heterocycles. The van der Waals surface area contributed by atoms with E-state index < -0.39 is 0 Å². The van der Waals surface area contributed by atoms with E-state index in [2.05, 4.69) is 0 Å². The zero-order valence-electron chi connectivity index (χ0n) is 8.26. The summed E-state index contributed by atoms with van der Waals surface area (Å²) in [6.07, 6.45) is 0. The maximum atomic E-state index is 6.18. The second-order valence-electron chi connectivity index (χ2n) is 3.59. The van der Waals surface area contributed by atoms with Gasteiger partial charge in [-0.05, 0) is 31.0 Å². The van der Waals surface area contributed by atoms with Gasteiger partial charge in [-0.3, -0.25) is 0 Å². The predicted octanol–water partition coefficient (Wildman–Crippen LogP) is 3.69. The van der Waals surface area contributed by atoms with Crippen LogP contribution in [0.5, 0.6) is 0 Å². The van der Waals surface area contributed by atoms with E-state index in [0.29, 0.717) is 0 Å². The number of rotatable bonds is 0. The van der Waals surface area contributed by atoms with Gasteiger partial charge in [-0.1, -0.05) is 29.8 Å². The van der Waals surface area contributed by atoms with Gasteiger partial charge in [0.1, 0.15) is 0 Å². The van der Waals surface area contributed by atoms with Crippen LogP contribution in [-0.4, -0.2) is 0 Å². The Labute approximate surface area is 88.5 Å². The van der Waals surface area contributed by atoms with E-state index in [9.17, 15) is 0 Å². The molecule has 0 saturated carbocycles. The van der Waals surface area contributed by atoms with Crippen molar-refractivity contribution >= 4 is 28.1 Å². The van der Waals surface area contributed by atoms with E-state index >= 15 is 0 Å². The zero-order valence-corrected chi connectivity index (χ0v) is 9.02. The summed E-state index contributed by atoms with van der Waals surface area (Å²) in [5.74, 6) is 0. The number of hydrogen-bond donors (Lipinski definition) is 1. The predicted molar refractivity (Wildman–Crippen MR) is 62.8 cm³/mol. The third kappa shape index (κ3) is 1.25. The van der Waals surface area contributed by atoms with Gasteiger partial charge in [0, 0.05) is 21.5 Å². The fraction of sp³-hybridized carbons (Fsp3) is 0.167. The highest BCUT2D eigenvalue weighted by Crippen LogP contribution is 2.33. The maximum Gasteiger partial charge on any atom is 0.0491 e. The van der Waals surface area contributed by atoms with Crippen molar-refractivity contribution in [1.82, 2.24) is 0 Å². The van der Waals surface area contributed by atoms with Crippen LogP contribution in [0.2, 0.25) is 5.02 Å². The number of nitrogens with two attached hydrogens (primary N) is 1. The molecule has 0 aliphatic rings. The third-order valence-corrected chi connectivity index (χ3v) is 2.87. The number of fused-ring (bicyclic) bond motifs is 1. The molecule has 1 nitrogen and oxygen atoms in total. The minimum absolute atomic E-state index is 0.782. The Bertz CT molecular complexity index is 503. The Morgan fingerprint density at radius 2 is 1.86 bits per heavy atom. The molecule has 0 unspecified atom stereocenters. The first kappa shape index (κ1) is 9.35. The van der Waals surface area contributed by atoms with E-state index in [1.807, 2.05) is 38.1 Å². The van der Waals surface area contributed by atoms with Crippen LogP contribution in [0, 0.1) is 13.8 Å². The lowest BCUT2D eigenvalue weighted by Crippen LogP contribution is -1.92. The van der Waals surface area contributed by atoms with E-state index in [-0.39, 0.29) is 0 Å². The maximum absolute atomic E-state index is 6.18. The first-order valence-corrected chi connectivity index (χ1v) is 4.93. The Balaban J connectivity index is 3.02. The SMILES string of the molecule is Cc1cc(Cl)c2c(C)cccc2c1N.